The predicted octanol–water partition coefficient (Wildman–Crippen LogP) is 2.84. The van der Waals surface area contributed by atoms with Crippen LogP contribution >= 0.6 is 0 Å². The number of rotatable bonds is 7. The van der Waals surface area contributed by atoms with Crippen LogP contribution in [0.1, 0.15) is 16.7 Å². The zero-order valence-electron chi connectivity index (χ0n) is 15.0. The van der Waals surface area contributed by atoms with Crippen molar-refractivity contribution in [2.45, 2.75) is 0 Å². The lowest BCUT2D eigenvalue weighted by molar-refractivity contribution is -0.131. The van der Waals surface area contributed by atoms with Crippen molar-refractivity contribution >= 4 is 29.7 Å². The van der Waals surface area contributed by atoms with Gasteiger partial charge in [0.1, 0.15) is 0 Å². The second-order valence-electron chi connectivity index (χ2n) is 5.59. The Kier molecular flexibility index (Phi) is 6.28. The fraction of sp³-hybridized carbons (Fsp3) is 0.100. The number of aromatic hydroxyl groups is 2. The molecule has 0 saturated heterocycles. The maximum atomic E-state index is 11.8. The minimum Gasteiger partial charge on any atom is -0.504 e. The van der Waals surface area contributed by atoms with Crippen LogP contribution in [0.5, 0.6) is 23.0 Å². The first kappa shape index (κ1) is 20.4. The molecule has 0 unspecified atom stereocenters. The predicted molar refractivity (Wildman–Crippen MR) is 101 cm³/mol. The summed E-state index contributed by atoms with van der Waals surface area (Å²) in [6.07, 6.45) is 3.41. The highest BCUT2D eigenvalue weighted by Gasteiger charge is 2.19. The standard InChI is InChI=1S/C20H18O8/c1-27-16-9-11(3-5-15(16)21)8-14(20(25)26)13-7-12(4-6-18(22)23)10-17(28-2)19(13)24/h3-10,21,24H,1-2H3,(H,22,23)(H,25,26). The molecule has 0 saturated carbocycles. The van der Waals surface area contributed by atoms with Crippen molar-refractivity contribution in [3.05, 3.63) is 53.1 Å². The van der Waals surface area contributed by atoms with Crippen molar-refractivity contribution in [2.24, 2.45) is 0 Å². The van der Waals surface area contributed by atoms with E-state index >= 15 is 0 Å². The summed E-state index contributed by atoms with van der Waals surface area (Å²) in [5.74, 6) is -2.89. The van der Waals surface area contributed by atoms with Crippen LogP contribution < -0.4 is 9.47 Å². The number of hydrogen-bond donors (Lipinski definition) is 4. The molecule has 28 heavy (non-hydrogen) atoms. The molecular formula is C20H18O8. The SMILES string of the molecule is COc1cc(C=C(C(=O)O)c2cc(C=CC(=O)O)cc(OC)c2O)ccc1O. The number of carboxylic acids is 2. The maximum Gasteiger partial charge on any atom is 0.336 e. The fourth-order valence-electron chi connectivity index (χ4n) is 2.46. The molecule has 0 heterocycles. The van der Waals surface area contributed by atoms with Crippen molar-refractivity contribution in [1.82, 2.24) is 0 Å². The number of carbonyl (C=O) groups is 2. The van der Waals surface area contributed by atoms with E-state index in [-0.39, 0.29) is 28.4 Å². The average molecular weight is 386 g/mol. The molecule has 0 aliphatic heterocycles. The van der Waals surface area contributed by atoms with Crippen molar-refractivity contribution in [2.75, 3.05) is 14.2 Å². The lowest BCUT2D eigenvalue weighted by Gasteiger charge is -2.12. The molecule has 0 bridgehead atoms. The van der Waals surface area contributed by atoms with Gasteiger partial charge < -0.3 is 29.9 Å². The monoisotopic (exact) mass is 386 g/mol. The van der Waals surface area contributed by atoms with Gasteiger partial charge in [-0.2, -0.15) is 0 Å². The molecule has 0 fully saturated rings. The summed E-state index contributed by atoms with van der Waals surface area (Å²) in [4.78, 5) is 22.6. The summed E-state index contributed by atoms with van der Waals surface area (Å²) in [7, 11) is 2.65. The average Bonchev–Trinajstić information content (AvgIpc) is 2.66. The van der Waals surface area contributed by atoms with Crippen LogP contribution in [-0.4, -0.2) is 46.6 Å². The summed E-state index contributed by atoms with van der Waals surface area (Å²) in [6.45, 7) is 0. The van der Waals surface area contributed by atoms with E-state index in [0.717, 1.165) is 6.08 Å². The molecule has 2 rings (SSSR count). The van der Waals surface area contributed by atoms with E-state index in [0.29, 0.717) is 11.1 Å². The normalized spacial score (nSPS) is 11.4. The van der Waals surface area contributed by atoms with Crippen LogP contribution in [0.25, 0.3) is 17.7 Å². The van der Waals surface area contributed by atoms with E-state index in [1.54, 1.807) is 0 Å². The molecule has 2 aromatic carbocycles. The summed E-state index contributed by atoms with van der Waals surface area (Å²) in [5.41, 5.74) is 0.387. The zero-order chi connectivity index (χ0) is 20.8. The Labute approximate surface area is 160 Å². The summed E-state index contributed by atoms with van der Waals surface area (Å²) in [6, 6.07) is 6.96. The molecule has 8 heteroatoms. The molecule has 0 aromatic heterocycles. The summed E-state index contributed by atoms with van der Waals surface area (Å²) < 4.78 is 10.1. The molecular weight excluding hydrogens is 368 g/mol. The second-order valence-corrected chi connectivity index (χ2v) is 5.59. The molecule has 0 aliphatic rings. The number of phenols is 2. The number of carboxylic acid groups (broad SMARTS) is 2. The largest absolute Gasteiger partial charge is 0.504 e. The first-order valence-electron chi connectivity index (χ1n) is 7.91. The van der Waals surface area contributed by atoms with Gasteiger partial charge in [-0.1, -0.05) is 6.07 Å². The van der Waals surface area contributed by atoms with Gasteiger partial charge in [0.2, 0.25) is 0 Å². The van der Waals surface area contributed by atoms with Gasteiger partial charge in [0.05, 0.1) is 19.8 Å². The van der Waals surface area contributed by atoms with Gasteiger partial charge >= 0.3 is 11.9 Å². The first-order chi connectivity index (χ1) is 13.3. The van der Waals surface area contributed by atoms with E-state index in [9.17, 15) is 24.9 Å². The van der Waals surface area contributed by atoms with Crippen LogP contribution in [0, 0.1) is 0 Å². The van der Waals surface area contributed by atoms with E-state index in [1.165, 1.54) is 56.7 Å². The third-order valence-electron chi connectivity index (χ3n) is 3.77. The third kappa shape index (κ3) is 4.61. The van der Waals surface area contributed by atoms with Gasteiger partial charge in [0, 0.05) is 11.6 Å². The lowest BCUT2D eigenvalue weighted by Crippen LogP contribution is -2.02. The Bertz CT molecular complexity index is 972. The Morgan fingerprint density at radius 2 is 1.57 bits per heavy atom. The highest BCUT2D eigenvalue weighted by Crippen LogP contribution is 2.37. The molecule has 0 aliphatic carbocycles. The number of aliphatic carboxylic acids is 2. The topological polar surface area (TPSA) is 134 Å². The number of phenolic OH excluding ortho intramolecular Hbond substituents is 2. The molecule has 2 aromatic rings. The lowest BCUT2D eigenvalue weighted by atomic mass is 9.98. The van der Waals surface area contributed by atoms with Gasteiger partial charge in [-0.25, -0.2) is 9.59 Å². The smallest absolute Gasteiger partial charge is 0.336 e. The Morgan fingerprint density at radius 3 is 2.14 bits per heavy atom. The van der Waals surface area contributed by atoms with Crippen molar-refractivity contribution in [3.8, 4) is 23.0 Å². The highest BCUT2D eigenvalue weighted by atomic mass is 16.5. The van der Waals surface area contributed by atoms with Gasteiger partial charge in [-0.3, -0.25) is 0 Å². The number of ether oxygens (including phenoxy) is 2. The fourth-order valence-corrected chi connectivity index (χ4v) is 2.46. The first-order valence-corrected chi connectivity index (χ1v) is 7.91. The highest BCUT2D eigenvalue weighted by molar-refractivity contribution is 6.21. The van der Waals surface area contributed by atoms with E-state index < -0.39 is 17.7 Å². The van der Waals surface area contributed by atoms with Crippen LogP contribution in [-0.2, 0) is 9.59 Å². The third-order valence-corrected chi connectivity index (χ3v) is 3.77. The van der Waals surface area contributed by atoms with Crippen molar-refractivity contribution < 1.29 is 39.5 Å². The quantitative estimate of drug-likeness (QED) is 0.422. The molecule has 0 radical (unpaired) electrons. The molecule has 4 N–H and O–H groups in total. The Morgan fingerprint density at radius 1 is 0.929 bits per heavy atom. The van der Waals surface area contributed by atoms with Gasteiger partial charge in [-0.05, 0) is 47.5 Å². The van der Waals surface area contributed by atoms with Crippen LogP contribution in [0.15, 0.2) is 36.4 Å². The van der Waals surface area contributed by atoms with Crippen LogP contribution in [0.3, 0.4) is 0 Å². The second kappa shape index (κ2) is 8.63. The number of benzene rings is 2. The van der Waals surface area contributed by atoms with Gasteiger partial charge in [-0.15, -0.1) is 0 Å². The van der Waals surface area contributed by atoms with Gasteiger partial charge in [0.15, 0.2) is 23.0 Å². The zero-order valence-corrected chi connectivity index (χ0v) is 15.0. The van der Waals surface area contributed by atoms with E-state index in [4.69, 9.17) is 14.6 Å². The minimum atomic E-state index is -1.33. The molecule has 0 spiro atoms. The van der Waals surface area contributed by atoms with E-state index in [2.05, 4.69) is 0 Å². The van der Waals surface area contributed by atoms with Gasteiger partial charge in [0.25, 0.3) is 0 Å². The number of hydrogen-bond acceptors (Lipinski definition) is 6. The molecule has 146 valence electrons. The van der Waals surface area contributed by atoms with E-state index in [1.807, 2.05) is 0 Å². The Hall–Kier alpha value is -3.94. The Balaban J connectivity index is 2.67. The summed E-state index contributed by atoms with van der Waals surface area (Å²) >= 11 is 0. The minimum absolute atomic E-state index is 0.0158. The molecule has 0 amide bonds. The number of methoxy groups -OCH3 is 2. The maximum absolute atomic E-state index is 11.8. The van der Waals surface area contributed by atoms with Crippen LogP contribution in [0.2, 0.25) is 0 Å². The summed E-state index contributed by atoms with van der Waals surface area (Å²) in [5, 5.41) is 38.5. The molecule has 0 atom stereocenters. The van der Waals surface area contributed by atoms with Crippen molar-refractivity contribution in [3.63, 3.8) is 0 Å². The van der Waals surface area contributed by atoms with Crippen molar-refractivity contribution in [1.29, 1.82) is 0 Å². The molecule has 8 nitrogen and oxygen atoms in total. The van der Waals surface area contributed by atoms with Crippen LogP contribution in [0.4, 0.5) is 0 Å².